The molecule has 0 bridgehead atoms. The molecule has 0 aliphatic carbocycles. The van der Waals surface area contributed by atoms with Gasteiger partial charge in [-0.1, -0.05) is 37.1 Å². The number of halogens is 1. The van der Waals surface area contributed by atoms with Crippen LogP contribution in [0.5, 0.6) is 11.5 Å². The van der Waals surface area contributed by atoms with Crippen molar-refractivity contribution < 1.29 is 28.5 Å². The first-order valence-electron chi connectivity index (χ1n) is 12.4. The van der Waals surface area contributed by atoms with Gasteiger partial charge in [0.05, 0.1) is 37.9 Å². The van der Waals surface area contributed by atoms with Crippen LogP contribution in [-0.4, -0.2) is 32.8 Å². The van der Waals surface area contributed by atoms with Crippen LogP contribution in [0.25, 0.3) is 0 Å². The number of esters is 2. The minimum atomic E-state index is -0.632. The van der Waals surface area contributed by atoms with Gasteiger partial charge in [0.15, 0.2) is 11.5 Å². The molecule has 0 saturated carbocycles. The minimum absolute atomic E-state index is 0.228. The smallest absolute Gasteiger partial charge is 0.337 e. The van der Waals surface area contributed by atoms with Gasteiger partial charge in [0.1, 0.15) is 6.10 Å². The Hall–Kier alpha value is -3.45. The highest BCUT2D eigenvalue weighted by atomic mass is 35.5. The van der Waals surface area contributed by atoms with Crippen LogP contribution in [0.15, 0.2) is 58.9 Å². The molecule has 2 aromatic rings. The van der Waals surface area contributed by atoms with Crippen molar-refractivity contribution in [2.45, 2.75) is 52.1 Å². The molecule has 0 spiro atoms. The molecule has 8 heteroatoms. The second-order valence-corrected chi connectivity index (χ2v) is 9.46. The maximum Gasteiger partial charge on any atom is 0.337 e. The van der Waals surface area contributed by atoms with E-state index in [9.17, 15) is 9.59 Å². The molecule has 37 heavy (non-hydrogen) atoms. The summed E-state index contributed by atoms with van der Waals surface area (Å²) in [5.41, 5.74) is 4.84. The number of rotatable bonds is 8. The molecule has 2 aromatic carbocycles. The molecule has 2 aliphatic heterocycles. The van der Waals surface area contributed by atoms with E-state index in [2.05, 4.69) is 5.32 Å². The molecular weight excluding hydrogens is 494 g/mol. The number of cyclic esters (lactones) is 1. The summed E-state index contributed by atoms with van der Waals surface area (Å²) in [7, 11) is 3.14. The summed E-state index contributed by atoms with van der Waals surface area (Å²) in [6.45, 7) is 5.97. The average molecular weight is 526 g/mol. The molecule has 2 atom stereocenters. The first kappa shape index (κ1) is 26.6. The molecule has 1 N–H and O–H groups in total. The monoisotopic (exact) mass is 525 g/mol. The van der Waals surface area contributed by atoms with Crippen molar-refractivity contribution in [1.82, 2.24) is 5.32 Å². The van der Waals surface area contributed by atoms with Gasteiger partial charge < -0.3 is 24.3 Å². The van der Waals surface area contributed by atoms with Crippen molar-refractivity contribution >= 4 is 23.5 Å². The second kappa shape index (κ2) is 11.3. The number of nitrogens with one attached hydrogen (secondary N) is 1. The lowest BCUT2D eigenvalue weighted by Gasteiger charge is -2.37. The van der Waals surface area contributed by atoms with Gasteiger partial charge in [-0.15, -0.1) is 0 Å². The molecule has 2 heterocycles. The van der Waals surface area contributed by atoms with E-state index in [1.54, 1.807) is 33.3 Å². The van der Waals surface area contributed by atoms with Gasteiger partial charge >= 0.3 is 11.9 Å². The first-order chi connectivity index (χ1) is 17.8. The Kier molecular flexibility index (Phi) is 8.13. The van der Waals surface area contributed by atoms with Crippen LogP contribution >= 0.6 is 11.6 Å². The highest BCUT2D eigenvalue weighted by Crippen LogP contribution is 2.47. The molecule has 2 unspecified atom stereocenters. The third-order valence-electron chi connectivity index (χ3n) is 6.71. The normalized spacial score (nSPS) is 19.1. The van der Waals surface area contributed by atoms with Gasteiger partial charge in [0.25, 0.3) is 0 Å². The van der Waals surface area contributed by atoms with E-state index in [4.69, 9.17) is 30.5 Å². The van der Waals surface area contributed by atoms with Crippen molar-refractivity contribution in [3.63, 3.8) is 0 Å². The highest BCUT2D eigenvalue weighted by molar-refractivity contribution is 6.30. The summed E-state index contributed by atoms with van der Waals surface area (Å²) in [6.07, 6.45) is 1.33. The molecule has 0 amide bonds. The van der Waals surface area contributed by atoms with E-state index in [1.165, 1.54) is 0 Å². The van der Waals surface area contributed by atoms with E-state index >= 15 is 0 Å². The number of ether oxygens (including phenoxy) is 4. The number of methoxy groups -OCH3 is 2. The van der Waals surface area contributed by atoms with Crippen LogP contribution in [0.1, 0.15) is 61.8 Å². The minimum Gasteiger partial charge on any atom is -0.493 e. The third-order valence-corrected chi connectivity index (χ3v) is 6.94. The molecule has 7 nitrogen and oxygen atoms in total. The predicted octanol–water partition coefficient (Wildman–Crippen LogP) is 5.91. The fraction of sp³-hybridized carbons (Fsp3) is 0.379. The quantitative estimate of drug-likeness (QED) is 0.429. The Morgan fingerprint density at radius 3 is 2.51 bits per heavy atom. The maximum atomic E-state index is 13.7. The largest absolute Gasteiger partial charge is 0.493 e. The lowest BCUT2D eigenvalue weighted by Crippen LogP contribution is -2.38. The summed E-state index contributed by atoms with van der Waals surface area (Å²) in [6, 6.07) is 11.0. The number of allylic oxidation sites excluding steroid dienone is 1. The zero-order valence-corrected chi connectivity index (χ0v) is 22.5. The molecule has 4 rings (SSSR count). The first-order valence-corrected chi connectivity index (χ1v) is 12.8. The number of hydrogen-bond donors (Lipinski definition) is 1. The van der Waals surface area contributed by atoms with Crippen molar-refractivity contribution in [2.75, 3.05) is 20.8 Å². The van der Waals surface area contributed by atoms with Gasteiger partial charge in [-0.3, -0.25) is 0 Å². The highest BCUT2D eigenvalue weighted by Gasteiger charge is 2.43. The van der Waals surface area contributed by atoms with E-state index in [0.717, 1.165) is 34.5 Å². The molecule has 0 saturated heterocycles. The Morgan fingerprint density at radius 2 is 1.86 bits per heavy atom. The zero-order valence-electron chi connectivity index (χ0n) is 21.8. The van der Waals surface area contributed by atoms with Crippen molar-refractivity contribution in [3.8, 4) is 11.5 Å². The Labute approximate surface area is 222 Å². The Bertz CT molecular complexity index is 1280. The van der Waals surface area contributed by atoms with Crippen LogP contribution in [0.4, 0.5) is 0 Å². The van der Waals surface area contributed by atoms with Crippen LogP contribution in [-0.2, 0) is 19.1 Å². The van der Waals surface area contributed by atoms with Gasteiger partial charge in [-0.2, -0.15) is 0 Å². The van der Waals surface area contributed by atoms with Crippen molar-refractivity contribution in [2.24, 2.45) is 0 Å². The van der Waals surface area contributed by atoms with Gasteiger partial charge in [-0.25, -0.2) is 9.59 Å². The molecule has 0 aromatic heterocycles. The van der Waals surface area contributed by atoms with Crippen LogP contribution in [0, 0.1) is 6.92 Å². The molecule has 2 aliphatic rings. The maximum absolute atomic E-state index is 13.7. The number of carbonyl (C=O) groups is 2. The SMILES string of the molecule is CCCC1=C(C(=O)OCC)C(c2ccc(Cl)cc2C)C2=C(CC(c3ccc(OC)c(OC)c3)OC2=O)N1. The third kappa shape index (κ3) is 5.18. The summed E-state index contributed by atoms with van der Waals surface area (Å²) >= 11 is 6.24. The van der Waals surface area contributed by atoms with Crippen molar-refractivity contribution in [3.05, 3.63) is 80.7 Å². The number of carbonyl (C=O) groups excluding carboxylic acids is 2. The molecule has 0 fully saturated rings. The van der Waals surface area contributed by atoms with Crippen molar-refractivity contribution in [1.29, 1.82) is 0 Å². The molecule has 0 radical (unpaired) electrons. The summed E-state index contributed by atoms with van der Waals surface area (Å²) < 4.78 is 22.2. The average Bonchev–Trinajstić information content (AvgIpc) is 2.87. The Morgan fingerprint density at radius 1 is 1.11 bits per heavy atom. The number of dihydropyridines is 1. The zero-order chi connectivity index (χ0) is 26.7. The van der Waals surface area contributed by atoms with Gasteiger partial charge in [-0.05, 0) is 61.2 Å². The van der Waals surface area contributed by atoms with Crippen LogP contribution in [0.3, 0.4) is 0 Å². The lowest BCUT2D eigenvalue weighted by molar-refractivity contribution is -0.146. The fourth-order valence-corrected chi connectivity index (χ4v) is 5.27. The van der Waals surface area contributed by atoms with Crippen LogP contribution < -0.4 is 14.8 Å². The fourth-order valence-electron chi connectivity index (χ4n) is 5.04. The predicted molar refractivity (Wildman–Crippen MR) is 141 cm³/mol. The van der Waals surface area contributed by atoms with Crippen LogP contribution in [0.2, 0.25) is 5.02 Å². The van der Waals surface area contributed by atoms with E-state index < -0.39 is 24.0 Å². The second-order valence-electron chi connectivity index (χ2n) is 9.03. The van der Waals surface area contributed by atoms with E-state index in [1.807, 2.05) is 38.1 Å². The summed E-state index contributed by atoms with van der Waals surface area (Å²) in [5.74, 6) is -0.412. The number of benzene rings is 2. The van der Waals surface area contributed by atoms with Gasteiger partial charge in [0, 0.05) is 22.8 Å². The van der Waals surface area contributed by atoms with E-state index in [0.29, 0.717) is 40.5 Å². The summed E-state index contributed by atoms with van der Waals surface area (Å²) in [4.78, 5) is 27.0. The van der Waals surface area contributed by atoms with Gasteiger partial charge in [0.2, 0.25) is 0 Å². The Balaban J connectivity index is 1.84. The molecular formula is C29H32ClNO6. The standard InChI is InChI=1S/C29H32ClNO6/c1-6-8-20-26(28(32)36-7-2)25(19-11-10-18(30)13-16(19)3)27-21(31-20)15-23(37-29(27)33)17-9-12-22(34-4)24(14-17)35-5/h9-14,23,25,31H,6-8,15H2,1-5H3. The number of aryl methyl sites for hydroxylation is 1. The topological polar surface area (TPSA) is 83.1 Å². The number of hydrogen-bond acceptors (Lipinski definition) is 7. The summed E-state index contributed by atoms with van der Waals surface area (Å²) in [5, 5.41) is 4.02. The molecule has 196 valence electrons. The van der Waals surface area contributed by atoms with E-state index in [-0.39, 0.29) is 6.61 Å². The lowest BCUT2D eigenvalue weighted by atomic mass is 9.76.